The predicted octanol–water partition coefficient (Wildman–Crippen LogP) is 3.52. The molecule has 0 saturated carbocycles. The van der Waals surface area contributed by atoms with Crippen molar-refractivity contribution in [2.24, 2.45) is 5.92 Å². The molecule has 2 aromatic rings. The van der Waals surface area contributed by atoms with Gasteiger partial charge in [-0.25, -0.2) is 0 Å². The first-order chi connectivity index (χ1) is 14.8. The zero-order valence-corrected chi connectivity index (χ0v) is 19.1. The Morgan fingerprint density at radius 2 is 1.55 bits per heavy atom. The Morgan fingerprint density at radius 1 is 0.968 bits per heavy atom. The van der Waals surface area contributed by atoms with E-state index in [-0.39, 0.29) is 17.7 Å². The van der Waals surface area contributed by atoms with Crippen molar-refractivity contribution in [1.29, 1.82) is 0 Å². The molecule has 0 aliphatic heterocycles. The highest BCUT2D eigenvalue weighted by molar-refractivity contribution is 5.98. The fourth-order valence-electron chi connectivity index (χ4n) is 3.12. The summed E-state index contributed by atoms with van der Waals surface area (Å²) in [5, 5.41) is 2.87. The van der Waals surface area contributed by atoms with Crippen LogP contribution in [-0.4, -0.2) is 50.6 Å². The molecule has 2 amide bonds. The third kappa shape index (κ3) is 6.64. The van der Waals surface area contributed by atoms with Gasteiger partial charge in [0.15, 0.2) is 0 Å². The van der Waals surface area contributed by atoms with Crippen LogP contribution in [0.5, 0.6) is 17.2 Å². The van der Waals surface area contributed by atoms with E-state index in [1.165, 1.54) is 14.2 Å². The van der Waals surface area contributed by atoms with Crippen LogP contribution in [0.25, 0.3) is 0 Å². The lowest BCUT2D eigenvalue weighted by atomic mass is 10.0. The van der Waals surface area contributed by atoms with Crippen molar-refractivity contribution in [3.05, 3.63) is 53.6 Å². The fourth-order valence-corrected chi connectivity index (χ4v) is 3.12. The van der Waals surface area contributed by atoms with Crippen molar-refractivity contribution in [2.45, 2.75) is 33.4 Å². The molecule has 0 aliphatic rings. The maximum Gasteiger partial charge on any atom is 0.252 e. The Morgan fingerprint density at radius 3 is 2.03 bits per heavy atom. The Labute approximate surface area is 184 Å². The third-order valence-corrected chi connectivity index (χ3v) is 4.86. The van der Waals surface area contributed by atoms with Crippen LogP contribution in [0.15, 0.2) is 42.5 Å². The summed E-state index contributed by atoms with van der Waals surface area (Å²) in [5.74, 6) is 1.19. The lowest BCUT2D eigenvalue weighted by Crippen LogP contribution is -2.50. The lowest BCUT2D eigenvalue weighted by Gasteiger charge is -2.27. The molecule has 2 aromatic carbocycles. The molecule has 7 heteroatoms. The lowest BCUT2D eigenvalue weighted by molar-refractivity contribution is -0.133. The Hall–Kier alpha value is -3.22. The monoisotopic (exact) mass is 428 g/mol. The summed E-state index contributed by atoms with van der Waals surface area (Å²) >= 11 is 0. The molecule has 0 fully saturated rings. The SMILES string of the molecule is CCOc1ccc(CN(C)C(=O)[C@@H](NC(=O)c2cc(OC)cc(OC)c2)C(C)C)cc1. The molecule has 7 nitrogen and oxygen atoms in total. The van der Waals surface area contributed by atoms with Gasteiger partial charge in [0.25, 0.3) is 5.91 Å². The van der Waals surface area contributed by atoms with Gasteiger partial charge in [-0.15, -0.1) is 0 Å². The van der Waals surface area contributed by atoms with Gasteiger partial charge in [-0.2, -0.15) is 0 Å². The topological polar surface area (TPSA) is 77.1 Å². The van der Waals surface area contributed by atoms with Crippen LogP contribution in [0.1, 0.15) is 36.7 Å². The first-order valence-corrected chi connectivity index (χ1v) is 10.3. The average molecular weight is 429 g/mol. The third-order valence-electron chi connectivity index (χ3n) is 4.86. The molecular weight excluding hydrogens is 396 g/mol. The van der Waals surface area contributed by atoms with Crippen molar-refractivity contribution >= 4 is 11.8 Å². The fraction of sp³-hybridized carbons (Fsp3) is 0.417. The molecule has 0 unspecified atom stereocenters. The summed E-state index contributed by atoms with van der Waals surface area (Å²) in [5.41, 5.74) is 1.34. The minimum Gasteiger partial charge on any atom is -0.497 e. The highest BCUT2D eigenvalue weighted by atomic mass is 16.5. The summed E-state index contributed by atoms with van der Waals surface area (Å²) in [6.45, 7) is 6.77. The van der Waals surface area contributed by atoms with Gasteiger partial charge in [-0.3, -0.25) is 9.59 Å². The molecule has 0 aliphatic carbocycles. The van der Waals surface area contributed by atoms with E-state index in [0.29, 0.717) is 30.2 Å². The summed E-state index contributed by atoms with van der Waals surface area (Å²) in [6, 6.07) is 11.9. The second-order valence-electron chi connectivity index (χ2n) is 7.57. The zero-order chi connectivity index (χ0) is 23.0. The van der Waals surface area contributed by atoms with Gasteiger partial charge >= 0.3 is 0 Å². The van der Waals surface area contributed by atoms with Crippen molar-refractivity contribution in [3.63, 3.8) is 0 Å². The number of nitrogens with zero attached hydrogens (tertiary/aromatic N) is 1. The number of likely N-dealkylation sites (N-methyl/N-ethyl adjacent to an activating group) is 1. The molecule has 0 aromatic heterocycles. The molecule has 2 rings (SSSR count). The second-order valence-corrected chi connectivity index (χ2v) is 7.57. The van der Waals surface area contributed by atoms with E-state index >= 15 is 0 Å². The number of benzene rings is 2. The molecule has 0 radical (unpaired) electrons. The number of ether oxygens (including phenoxy) is 3. The van der Waals surface area contributed by atoms with E-state index in [2.05, 4.69) is 5.32 Å². The van der Waals surface area contributed by atoms with Crippen LogP contribution in [0.3, 0.4) is 0 Å². The number of methoxy groups -OCH3 is 2. The van der Waals surface area contributed by atoms with E-state index in [1.54, 1.807) is 30.1 Å². The van der Waals surface area contributed by atoms with Crippen LogP contribution in [-0.2, 0) is 11.3 Å². The smallest absolute Gasteiger partial charge is 0.252 e. The minimum atomic E-state index is -0.669. The van der Waals surface area contributed by atoms with Gasteiger partial charge < -0.3 is 24.4 Å². The maximum absolute atomic E-state index is 13.1. The predicted molar refractivity (Wildman–Crippen MR) is 120 cm³/mol. The van der Waals surface area contributed by atoms with Gasteiger partial charge in [0.05, 0.1) is 20.8 Å². The van der Waals surface area contributed by atoms with Crippen molar-refractivity contribution in [2.75, 3.05) is 27.9 Å². The number of hydrogen-bond acceptors (Lipinski definition) is 5. The summed E-state index contributed by atoms with van der Waals surface area (Å²) in [4.78, 5) is 27.6. The van der Waals surface area contributed by atoms with Gasteiger partial charge in [0, 0.05) is 25.2 Å². The molecule has 168 valence electrons. The highest BCUT2D eigenvalue weighted by Gasteiger charge is 2.27. The Balaban J connectivity index is 2.11. The number of hydrogen-bond donors (Lipinski definition) is 1. The van der Waals surface area contributed by atoms with Gasteiger partial charge in [0.1, 0.15) is 23.3 Å². The number of rotatable bonds is 10. The minimum absolute atomic E-state index is 0.0910. The van der Waals surface area contributed by atoms with E-state index in [4.69, 9.17) is 14.2 Å². The molecular formula is C24H32N2O5. The molecule has 31 heavy (non-hydrogen) atoms. The van der Waals surface area contributed by atoms with Crippen molar-refractivity contribution < 1.29 is 23.8 Å². The number of carbonyl (C=O) groups excluding carboxylic acids is 2. The molecule has 1 N–H and O–H groups in total. The summed E-state index contributed by atoms with van der Waals surface area (Å²) < 4.78 is 15.9. The van der Waals surface area contributed by atoms with E-state index < -0.39 is 6.04 Å². The first kappa shape index (κ1) is 24.1. The molecule has 0 bridgehead atoms. The van der Waals surface area contributed by atoms with Gasteiger partial charge in [0.2, 0.25) is 5.91 Å². The molecule has 1 atom stereocenters. The van der Waals surface area contributed by atoms with E-state index in [0.717, 1.165) is 11.3 Å². The van der Waals surface area contributed by atoms with Crippen LogP contribution in [0.2, 0.25) is 0 Å². The van der Waals surface area contributed by atoms with Crippen LogP contribution in [0, 0.1) is 5.92 Å². The number of amides is 2. The van der Waals surface area contributed by atoms with Crippen molar-refractivity contribution in [3.8, 4) is 17.2 Å². The van der Waals surface area contributed by atoms with E-state index in [9.17, 15) is 9.59 Å². The molecule has 0 heterocycles. The van der Waals surface area contributed by atoms with Gasteiger partial charge in [-0.1, -0.05) is 26.0 Å². The first-order valence-electron chi connectivity index (χ1n) is 10.3. The maximum atomic E-state index is 13.1. The zero-order valence-electron chi connectivity index (χ0n) is 19.1. The number of nitrogens with one attached hydrogen (secondary N) is 1. The quantitative estimate of drug-likeness (QED) is 0.627. The van der Waals surface area contributed by atoms with Crippen molar-refractivity contribution in [1.82, 2.24) is 10.2 Å². The largest absolute Gasteiger partial charge is 0.497 e. The molecule has 0 spiro atoms. The number of carbonyl (C=O) groups is 2. The normalized spacial score (nSPS) is 11.6. The van der Waals surface area contributed by atoms with Crippen LogP contribution >= 0.6 is 0 Å². The highest BCUT2D eigenvalue weighted by Crippen LogP contribution is 2.23. The van der Waals surface area contributed by atoms with Gasteiger partial charge in [-0.05, 0) is 42.7 Å². The molecule has 0 saturated heterocycles. The summed E-state index contributed by atoms with van der Waals surface area (Å²) in [7, 11) is 4.77. The average Bonchev–Trinajstić information content (AvgIpc) is 2.77. The summed E-state index contributed by atoms with van der Waals surface area (Å²) in [6.07, 6.45) is 0. The van der Waals surface area contributed by atoms with Crippen LogP contribution in [0.4, 0.5) is 0 Å². The standard InChI is InChI=1S/C24H32N2O5/c1-7-31-19-10-8-17(9-11-19)15-26(4)24(28)22(16(2)3)25-23(27)18-12-20(29-5)14-21(13-18)30-6/h8-14,16,22H,7,15H2,1-6H3,(H,25,27)/t22-/m0/s1. The Kier molecular flexibility index (Phi) is 8.73. The van der Waals surface area contributed by atoms with Crippen LogP contribution < -0.4 is 19.5 Å². The second kappa shape index (κ2) is 11.2. The van der Waals surface area contributed by atoms with E-state index in [1.807, 2.05) is 45.0 Å². The Bertz CT molecular complexity index is 858.